The minimum Gasteiger partial charge on any atom is -0.387 e. The lowest BCUT2D eigenvalue weighted by Gasteiger charge is -2.33. The standard InChI is InChI=1S/C15H22N2O3S/c1-21-11-12-4-3-7-16(9-12)10-15(18)13-5-2-6-14(8-13)17(19)20/h2,5-6,8,12,15,18H,3-4,7,9-11H2,1H3/t12-,15-/m1/s1. The average molecular weight is 310 g/mol. The number of likely N-dealkylation sites (tertiary alicyclic amines) is 1. The summed E-state index contributed by atoms with van der Waals surface area (Å²) in [5.74, 6) is 1.84. The molecule has 116 valence electrons. The normalized spacial score (nSPS) is 21.1. The number of thioether (sulfide) groups is 1. The second kappa shape index (κ2) is 7.77. The van der Waals surface area contributed by atoms with Crippen LogP contribution in [-0.4, -0.2) is 46.6 Å². The van der Waals surface area contributed by atoms with Crippen LogP contribution in [0.1, 0.15) is 24.5 Å². The molecule has 1 aromatic rings. The van der Waals surface area contributed by atoms with E-state index >= 15 is 0 Å². The number of piperidine rings is 1. The van der Waals surface area contributed by atoms with E-state index in [9.17, 15) is 15.2 Å². The van der Waals surface area contributed by atoms with Gasteiger partial charge in [-0.05, 0) is 42.9 Å². The number of β-amino-alcohol motifs (C(OH)–C–C–N with tert-alkyl or cyclic N) is 1. The van der Waals surface area contributed by atoms with Crippen molar-refractivity contribution < 1.29 is 10.0 Å². The van der Waals surface area contributed by atoms with Crippen LogP contribution in [0.15, 0.2) is 24.3 Å². The molecule has 1 aliphatic rings. The van der Waals surface area contributed by atoms with Gasteiger partial charge >= 0.3 is 0 Å². The lowest BCUT2D eigenvalue weighted by Crippen LogP contribution is -2.38. The van der Waals surface area contributed by atoms with E-state index in [-0.39, 0.29) is 5.69 Å². The topological polar surface area (TPSA) is 66.6 Å². The lowest BCUT2D eigenvalue weighted by molar-refractivity contribution is -0.385. The van der Waals surface area contributed by atoms with Gasteiger partial charge in [-0.15, -0.1) is 0 Å². The molecule has 0 spiro atoms. The van der Waals surface area contributed by atoms with Crippen LogP contribution in [0.25, 0.3) is 0 Å². The van der Waals surface area contributed by atoms with Gasteiger partial charge < -0.3 is 10.0 Å². The van der Waals surface area contributed by atoms with Gasteiger partial charge in [-0.25, -0.2) is 0 Å². The minimum absolute atomic E-state index is 0.0328. The van der Waals surface area contributed by atoms with Crippen LogP contribution in [0, 0.1) is 16.0 Å². The molecule has 0 bridgehead atoms. The number of nitro groups is 1. The van der Waals surface area contributed by atoms with Gasteiger partial charge in [0.1, 0.15) is 0 Å². The molecule has 1 heterocycles. The summed E-state index contributed by atoms with van der Waals surface area (Å²) in [5.41, 5.74) is 0.654. The maximum Gasteiger partial charge on any atom is 0.269 e. The molecule has 1 saturated heterocycles. The van der Waals surface area contributed by atoms with Crippen LogP contribution < -0.4 is 0 Å². The van der Waals surface area contributed by atoms with Crippen molar-refractivity contribution in [3.63, 3.8) is 0 Å². The van der Waals surface area contributed by atoms with Crippen molar-refractivity contribution in [2.75, 3.05) is 31.6 Å². The van der Waals surface area contributed by atoms with E-state index in [1.807, 2.05) is 11.8 Å². The molecule has 0 aliphatic carbocycles. The Morgan fingerprint density at radius 1 is 1.57 bits per heavy atom. The third kappa shape index (κ3) is 4.69. The Bertz CT molecular complexity index is 482. The summed E-state index contributed by atoms with van der Waals surface area (Å²) >= 11 is 1.87. The third-order valence-corrected chi connectivity index (χ3v) is 4.71. The predicted octanol–water partition coefficient (Wildman–Crippen LogP) is 2.70. The highest BCUT2D eigenvalue weighted by molar-refractivity contribution is 7.98. The minimum atomic E-state index is -0.669. The Balaban J connectivity index is 1.95. The molecule has 1 N–H and O–H groups in total. The Labute approximate surface area is 129 Å². The van der Waals surface area contributed by atoms with Crippen molar-refractivity contribution in [2.24, 2.45) is 5.92 Å². The first-order valence-corrected chi connectivity index (χ1v) is 8.63. The molecule has 1 fully saturated rings. The Hall–Kier alpha value is -1.11. The highest BCUT2D eigenvalue weighted by atomic mass is 32.2. The molecule has 0 aromatic heterocycles. The molecule has 21 heavy (non-hydrogen) atoms. The molecular weight excluding hydrogens is 288 g/mol. The Morgan fingerprint density at radius 2 is 2.38 bits per heavy atom. The summed E-state index contributed by atoms with van der Waals surface area (Å²) < 4.78 is 0. The molecule has 2 atom stereocenters. The van der Waals surface area contributed by atoms with Crippen molar-refractivity contribution in [2.45, 2.75) is 18.9 Å². The second-order valence-electron chi connectivity index (χ2n) is 5.59. The molecule has 6 heteroatoms. The largest absolute Gasteiger partial charge is 0.387 e. The van der Waals surface area contributed by atoms with E-state index in [4.69, 9.17) is 0 Å². The number of benzene rings is 1. The SMILES string of the molecule is CSC[C@@H]1CCCN(C[C@@H](O)c2cccc([N+](=O)[O-])c2)C1. The summed E-state index contributed by atoms with van der Waals surface area (Å²) in [4.78, 5) is 12.6. The highest BCUT2D eigenvalue weighted by Gasteiger charge is 2.22. The first-order valence-electron chi connectivity index (χ1n) is 7.24. The van der Waals surface area contributed by atoms with Crippen LogP contribution in [0.3, 0.4) is 0 Å². The molecule has 0 radical (unpaired) electrons. The maximum atomic E-state index is 10.8. The van der Waals surface area contributed by atoms with Gasteiger partial charge in [0.15, 0.2) is 0 Å². The van der Waals surface area contributed by atoms with Gasteiger partial charge in [0.2, 0.25) is 0 Å². The van der Waals surface area contributed by atoms with Crippen LogP contribution in [0.5, 0.6) is 0 Å². The Morgan fingerprint density at radius 3 is 3.10 bits per heavy atom. The van der Waals surface area contributed by atoms with E-state index in [1.54, 1.807) is 12.1 Å². The van der Waals surface area contributed by atoms with Crippen molar-refractivity contribution in [1.29, 1.82) is 0 Å². The van der Waals surface area contributed by atoms with E-state index in [0.717, 1.165) is 25.3 Å². The van der Waals surface area contributed by atoms with E-state index in [2.05, 4.69) is 11.2 Å². The zero-order valence-electron chi connectivity index (χ0n) is 12.3. The molecule has 0 unspecified atom stereocenters. The van der Waals surface area contributed by atoms with Crippen LogP contribution >= 0.6 is 11.8 Å². The first-order chi connectivity index (χ1) is 10.1. The lowest BCUT2D eigenvalue weighted by atomic mass is 9.99. The van der Waals surface area contributed by atoms with Gasteiger partial charge in [-0.1, -0.05) is 12.1 Å². The summed E-state index contributed by atoms with van der Waals surface area (Å²) in [7, 11) is 0. The molecular formula is C15H22N2O3S. The van der Waals surface area contributed by atoms with Crippen LogP contribution in [0.4, 0.5) is 5.69 Å². The third-order valence-electron chi connectivity index (χ3n) is 3.90. The summed E-state index contributed by atoms with van der Waals surface area (Å²) in [6, 6.07) is 6.30. The van der Waals surface area contributed by atoms with Gasteiger partial charge in [0, 0.05) is 25.2 Å². The Kier molecular flexibility index (Phi) is 6.02. The fourth-order valence-electron chi connectivity index (χ4n) is 2.88. The first kappa shape index (κ1) is 16.3. The average Bonchev–Trinajstić information content (AvgIpc) is 2.48. The summed E-state index contributed by atoms with van der Waals surface area (Å²) in [5, 5.41) is 21.1. The van der Waals surface area contributed by atoms with E-state index in [1.165, 1.54) is 18.6 Å². The maximum absolute atomic E-state index is 10.8. The summed E-state index contributed by atoms with van der Waals surface area (Å²) in [6.45, 7) is 2.55. The van der Waals surface area contributed by atoms with Crippen LogP contribution in [0.2, 0.25) is 0 Å². The summed E-state index contributed by atoms with van der Waals surface area (Å²) in [6.07, 6.45) is 3.87. The van der Waals surface area contributed by atoms with Crippen molar-refractivity contribution in [1.82, 2.24) is 4.90 Å². The predicted molar refractivity (Wildman–Crippen MR) is 85.6 cm³/mol. The van der Waals surface area contributed by atoms with Gasteiger partial charge in [-0.2, -0.15) is 11.8 Å². The quantitative estimate of drug-likeness (QED) is 0.646. The molecule has 0 amide bonds. The molecule has 5 nitrogen and oxygen atoms in total. The molecule has 1 aliphatic heterocycles. The smallest absolute Gasteiger partial charge is 0.269 e. The zero-order chi connectivity index (χ0) is 15.2. The number of hydrogen-bond donors (Lipinski definition) is 1. The number of nitro benzene ring substituents is 1. The van der Waals surface area contributed by atoms with Crippen molar-refractivity contribution in [3.05, 3.63) is 39.9 Å². The number of hydrogen-bond acceptors (Lipinski definition) is 5. The van der Waals surface area contributed by atoms with E-state index in [0.29, 0.717) is 18.0 Å². The van der Waals surface area contributed by atoms with Gasteiger partial charge in [-0.3, -0.25) is 10.1 Å². The fraction of sp³-hybridized carbons (Fsp3) is 0.600. The van der Waals surface area contributed by atoms with Gasteiger partial charge in [0.25, 0.3) is 5.69 Å². The number of non-ortho nitro benzene ring substituents is 1. The second-order valence-corrected chi connectivity index (χ2v) is 6.50. The van der Waals surface area contributed by atoms with Gasteiger partial charge in [0.05, 0.1) is 11.0 Å². The number of aliphatic hydroxyl groups excluding tert-OH is 1. The van der Waals surface area contributed by atoms with Crippen molar-refractivity contribution >= 4 is 17.4 Å². The van der Waals surface area contributed by atoms with E-state index < -0.39 is 11.0 Å². The number of nitrogens with zero attached hydrogens (tertiary/aromatic N) is 2. The molecule has 0 saturated carbocycles. The fourth-order valence-corrected chi connectivity index (χ4v) is 3.63. The number of aliphatic hydroxyl groups is 1. The number of rotatable bonds is 6. The monoisotopic (exact) mass is 310 g/mol. The van der Waals surface area contributed by atoms with Crippen LogP contribution in [-0.2, 0) is 0 Å². The molecule has 2 rings (SSSR count). The zero-order valence-corrected chi connectivity index (χ0v) is 13.1. The van der Waals surface area contributed by atoms with Crippen molar-refractivity contribution in [3.8, 4) is 0 Å². The molecule has 1 aromatic carbocycles. The highest BCUT2D eigenvalue weighted by Crippen LogP contribution is 2.24.